The largest absolute Gasteiger partial charge is 0.477 e. The first-order valence-corrected chi connectivity index (χ1v) is 4.69. The molecule has 0 aliphatic rings. The van der Waals surface area contributed by atoms with Crippen LogP contribution in [0, 0.1) is 0 Å². The predicted molar refractivity (Wildman–Crippen MR) is 55.4 cm³/mol. The number of benzene rings is 1. The minimum Gasteiger partial charge on any atom is -0.477 e. The quantitative estimate of drug-likeness (QED) is 0.857. The summed E-state index contributed by atoms with van der Waals surface area (Å²) in [5, 5.41) is 8.41. The van der Waals surface area contributed by atoms with Crippen molar-refractivity contribution in [3.63, 3.8) is 0 Å². The molecule has 3 nitrogen and oxygen atoms in total. The summed E-state index contributed by atoms with van der Waals surface area (Å²) in [5.74, 6) is -5.96. The summed E-state index contributed by atoms with van der Waals surface area (Å²) in [6.45, 7) is 0.490. The highest BCUT2D eigenvalue weighted by atomic mass is 19.3. The molecule has 0 atom stereocenters. The SMILES string of the molecule is CN(C)Cc1cccc(C(F)(F)C(=O)O)c1. The van der Waals surface area contributed by atoms with Crippen LogP contribution in [0.2, 0.25) is 0 Å². The van der Waals surface area contributed by atoms with Gasteiger partial charge in [0.05, 0.1) is 0 Å². The van der Waals surface area contributed by atoms with Gasteiger partial charge in [0.25, 0.3) is 0 Å². The lowest BCUT2D eigenvalue weighted by Gasteiger charge is -2.14. The molecule has 1 rings (SSSR count). The second kappa shape index (κ2) is 4.57. The van der Waals surface area contributed by atoms with E-state index in [0.29, 0.717) is 12.1 Å². The van der Waals surface area contributed by atoms with Gasteiger partial charge in [0.1, 0.15) is 0 Å². The monoisotopic (exact) mass is 229 g/mol. The van der Waals surface area contributed by atoms with E-state index in [-0.39, 0.29) is 0 Å². The molecule has 1 aromatic carbocycles. The molecule has 0 amide bonds. The summed E-state index contributed by atoms with van der Waals surface area (Å²) in [4.78, 5) is 12.2. The average Bonchev–Trinajstić information content (AvgIpc) is 2.16. The Kier molecular flexibility index (Phi) is 3.59. The third-order valence-electron chi connectivity index (χ3n) is 2.06. The summed E-state index contributed by atoms with van der Waals surface area (Å²) in [7, 11) is 3.62. The highest BCUT2D eigenvalue weighted by Gasteiger charge is 2.40. The van der Waals surface area contributed by atoms with Gasteiger partial charge in [-0.25, -0.2) is 4.79 Å². The Balaban J connectivity index is 3.03. The predicted octanol–water partition coefficient (Wildman–Crippen LogP) is 1.92. The smallest absolute Gasteiger partial charge is 0.379 e. The molecule has 0 unspecified atom stereocenters. The van der Waals surface area contributed by atoms with Gasteiger partial charge in [-0.3, -0.25) is 0 Å². The molecule has 5 heteroatoms. The van der Waals surface area contributed by atoms with Gasteiger partial charge in [-0.15, -0.1) is 0 Å². The summed E-state index contributed by atoms with van der Waals surface area (Å²) in [5.41, 5.74) is 0.169. The second-order valence-corrected chi connectivity index (χ2v) is 3.82. The van der Waals surface area contributed by atoms with Crippen molar-refractivity contribution in [2.24, 2.45) is 0 Å². The molecular formula is C11H13F2NO2. The van der Waals surface area contributed by atoms with Crippen molar-refractivity contribution >= 4 is 5.97 Å². The molecule has 0 aliphatic heterocycles. The number of carbonyl (C=O) groups is 1. The third kappa shape index (κ3) is 2.76. The maximum absolute atomic E-state index is 13.2. The van der Waals surface area contributed by atoms with Gasteiger partial charge in [0.15, 0.2) is 0 Å². The van der Waals surface area contributed by atoms with Crippen LogP contribution in [-0.4, -0.2) is 30.1 Å². The van der Waals surface area contributed by atoms with Gasteiger partial charge in [-0.1, -0.05) is 18.2 Å². The fraction of sp³-hybridized carbons (Fsp3) is 0.364. The molecule has 1 aromatic rings. The maximum Gasteiger partial charge on any atom is 0.379 e. The van der Waals surface area contributed by atoms with Crippen molar-refractivity contribution < 1.29 is 18.7 Å². The number of halogens is 2. The number of rotatable bonds is 4. The standard InChI is InChI=1S/C11H13F2NO2/c1-14(2)7-8-4-3-5-9(6-8)11(12,13)10(15)16/h3-6H,7H2,1-2H3,(H,15,16). The average molecular weight is 229 g/mol. The first kappa shape index (κ1) is 12.6. The van der Waals surface area contributed by atoms with Crippen molar-refractivity contribution in [1.29, 1.82) is 0 Å². The summed E-state index contributed by atoms with van der Waals surface area (Å²) >= 11 is 0. The summed E-state index contributed by atoms with van der Waals surface area (Å²) in [6.07, 6.45) is 0. The number of carboxylic acid groups (broad SMARTS) is 1. The van der Waals surface area contributed by atoms with Crippen LogP contribution in [0.5, 0.6) is 0 Å². The van der Waals surface area contributed by atoms with E-state index in [9.17, 15) is 13.6 Å². The second-order valence-electron chi connectivity index (χ2n) is 3.82. The van der Waals surface area contributed by atoms with E-state index in [1.54, 1.807) is 6.07 Å². The Labute approximate surface area is 92.3 Å². The first-order valence-electron chi connectivity index (χ1n) is 4.69. The zero-order valence-electron chi connectivity index (χ0n) is 9.08. The van der Waals surface area contributed by atoms with Crippen LogP contribution in [0.25, 0.3) is 0 Å². The lowest BCUT2D eigenvalue weighted by atomic mass is 10.1. The van der Waals surface area contributed by atoms with Gasteiger partial charge in [0, 0.05) is 12.1 Å². The van der Waals surface area contributed by atoms with Crippen molar-refractivity contribution in [3.05, 3.63) is 35.4 Å². The van der Waals surface area contributed by atoms with E-state index >= 15 is 0 Å². The third-order valence-corrected chi connectivity index (χ3v) is 2.06. The number of hydrogen-bond donors (Lipinski definition) is 1. The van der Waals surface area contributed by atoms with Crippen LogP contribution in [0.15, 0.2) is 24.3 Å². The van der Waals surface area contributed by atoms with E-state index in [2.05, 4.69) is 0 Å². The highest BCUT2D eigenvalue weighted by Crippen LogP contribution is 2.28. The molecule has 0 fully saturated rings. The van der Waals surface area contributed by atoms with Crippen molar-refractivity contribution in [1.82, 2.24) is 4.90 Å². The highest BCUT2D eigenvalue weighted by molar-refractivity contribution is 5.77. The lowest BCUT2D eigenvalue weighted by molar-refractivity contribution is -0.166. The molecule has 0 aliphatic carbocycles. The Morgan fingerprint density at radius 2 is 2.06 bits per heavy atom. The minimum atomic E-state index is -3.83. The topological polar surface area (TPSA) is 40.5 Å². The normalized spacial score (nSPS) is 11.8. The molecule has 0 spiro atoms. The summed E-state index contributed by atoms with van der Waals surface area (Å²) in [6, 6.07) is 5.45. The minimum absolute atomic E-state index is 0.487. The molecule has 88 valence electrons. The molecule has 0 bridgehead atoms. The maximum atomic E-state index is 13.2. The Bertz CT molecular complexity index is 391. The molecule has 1 N–H and O–H groups in total. The number of alkyl halides is 2. The molecule has 0 saturated heterocycles. The van der Waals surface area contributed by atoms with Crippen LogP contribution in [0.1, 0.15) is 11.1 Å². The van der Waals surface area contributed by atoms with Crippen LogP contribution in [0.4, 0.5) is 8.78 Å². The van der Waals surface area contributed by atoms with Crippen LogP contribution < -0.4 is 0 Å². The van der Waals surface area contributed by atoms with E-state index in [1.165, 1.54) is 12.1 Å². The van der Waals surface area contributed by atoms with Crippen LogP contribution in [0.3, 0.4) is 0 Å². The van der Waals surface area contributed by atoms with Crippen LogP contribution >= 0.6 is 0 Å². The number of hydrogen-bond acceptors (Lipinski definition) is 2. The number of nitrogens with zero attached hydrogens (tertiary/aromatic N) is 1. The van der Waals surface area contributed by atoms with E-state index in [0.717, 1.165) is 6.07 Å². The van der Waals surface area contributed by atoms with Gasteiger partial charge in [0.2, 0.25) is 0 Å². The lowest BCUT2D eigenvalue weighted by Crippen LogP contribution is -2.25. The van der Waals surface area contributed by atoms with Crippen molar-refractivity contribution in [3.8, 4) is 0 Å². The van der Waals surface area contributed by atoms with E-state index in [4.69, 9.17) is 5.11 Å². The Morgan fingerprint density at radius 1 is 1.44 bits per heavy atom. The molecule has 0 aromatic heterocycles. The number of carboxylic acids is 1. The van der Waals surface area contributed by atoms with Crippen LogP contribution in [-0.2, 0) is 17.3 Å². The molecule has 0 heterocycles. The number of aliphatic carboxylic acids is 1. The fourth-order valence-electron chi connectivity index (χ4n) is 1.35. The Hall–Kier alpha value is -1.49. The van der Waals surface area contributed by atoms with E-state index in [1.807, 2.05) is 19.0 Å². The van der Waals surface area contributed by atoms with Gasteiger partial charge in [-0.05, 0) is 25.7 Å². The zero-order chi connectivity index (χ0) is 12.3. The van der Waals surface area contributed by atoms with Gasteiger partial charge >= 0.3 is 11.9 Å². The van der Waals surface area contributed by atoms with Crippen molar-refractivity contribution in [2.45, 2.75) is 12.5 Å². The zero-order valence-corrected chi connectivity index (χ0v) is 9.08. The summed E-state index contributed by atoms with van der Waals surface area (Å²) < 4.78 is 26.4. The van der Waals surface area contributed by atoms with E-state index < -0.39 is 17.5 Å². The Morgan fingerprint density at radius 3 is 2.56 bits per heavy atom. The molecule has 0 radical (unpaired) electrons. The first-order chi connectivity index (χ1) is 7.34. The molecule has 16 heavy (non-hydrogen) atoms. The van der Waals surface area contributed by atoms with Crippen molar-refractivity contribution in [2.75, 3.05) is 14.1 Å². The fourth-order valence-corrected chi connectivity index (χ4v) is 1.35. The molecule has 0 saturated carbocycles. The van der Waals surface area contributed by atoms with Gasteiger partial charge in [-0.2, -0.15) is 8.78 Å². The van der Waals surface area contributed by atoms with Gasteiger partial charge < -0.3 is 10.0 Å². The molecular weight excluding hydrogens is 216 g/mol.